The number of thioether (sulfide) groups is 1. The number of aryl methyl sites for hydroxylation is 2. The van der Waals surface area contributed by atoms with Gasteiger partial charge in [-0.05, 0) is 51.0 Å². The van der Waals surface area contributed by atoms with Crippen LogP contribution in [0.3, 0.4) is 0 Å². The van der Waals surface area contributed by atoms with Crippen LogP contribution in [0, 0.1) is 13.8 Å². The number of nitrogens with zero attached hydrogens (tertiary/aromatic N) is 1. The van der Waals surface area contributed by atoms with E-state index in [2.05, 4.69) is 17.2 Å². The topological polar surface area (TPSA) is 80.6 Å². The SMILES string of the molecule is Cc1cc(C(=O)Nc2cccc([C@]3(C)CCSC(N)=N3)c2)c(C)o1. The molecule has 0 unspecified atom stereocenters. The second-order valence-corrected chi connectivity index (χ2v) is 7.30. The predicted octanol–water partition coefficient (Wildman–Crippen LogP) is 3.82. The van der Waals surface area contributed by atoms with Crippen LogP contribution in [0.15, 0.2) is 39.7 Å². The molecule has 0 bridgehead atoms. The molecule has 3 N–H and O–H groups in total. The smallest absolute Gasteiger partial charge is 0.259 e. The van der Waals surface area contributed by atoms with Gasteiger partial charge in [0.15, 0.2) is 5.17 Å². The molecule has 126 valence electrons. The third-order valence-corrected chi connectivity index (χ3v) is 5.02. The van der Waals surface area contributed by atoms with Crippen molar-refractivity contribution in [2.75, 3.05) is 11.1 Å². The normalized spacial score (nSPS) is 20.5. The Balaban J connectivity index is 1.85. The first-order valence-corrected chi connectivity index (χ1v) is 8.83. The zero-order chi connectivity index (χ0) is 17.3. The van der Waals surface area contributed by atoms with Gasteiger partial charge in [0, 0.05) is 11.4 Å². The summed E-state index contributed by atoms with van der Waals surface area (Å²) in [7, 11) is 0. The Labute approximate surface area is 145 Å². The number of hydrogen-bond acceptors (Lipinski definition) is 5. The van der Waals surface area contributed by atoms with E-state index in [9.17, 15) is 4.79 Å². The highest BCUT2D eigenvalue weighted by Crippen LogP contribution is 2.35. The maximum Gasteiger partial charge on any atom is 0.259 e. The van der Waals surface area contributed by atoms with Crippen LogP contribution in [0.2, 0.25) is 0 Å². The van der Waals surface area contributed by atoms with Crippen LogP contribution < -0.4 is 11.1 Å². The minimum Gasteiger partial charge on any atom is -0.466 e. The summed E-state index contributed by atoms with van der Waals surface area (Å²) >= 11 is 1.58. The third kappa shape index (κ3) is 3.33. The van der Waals surface area contributed by atoms with Gasteiger partial charge in [0.1, 0.15) is 11.5 Å². The van der Waals surface area contributed by atoms with E-state index in [1.807, 2.05) is 31.2 Å². The van der Waals surface area contributed by atoms with E-state index in [0.717, 1.165) is 29.2 Å². The first-order valence-electron chi connectivity index (χ1n) is 7.84. The van der Waals surface area contributed by atoms with Gasteiger partial charge in [-0.2, -0.15) is 0 Å². The molecular formula is C18H21N3O2S. The summed E-state index contributed by atoms with van der Waals surface area (Å²) in [6, 6.07) is 9.54. The molecular weight excluding hydrogens is 322 g/mol. The van der Waals surface area contributed by atoms with Crippen molar-refractivity contribution in [3.8, 4) is 0 Å². The maximum absolute atomic E-state index is 12.4. The Bertz CT molecular complexity index is 812. The maximum atomic E-state index is 12.4. The summed E-state index contributed by atoms with van der Waals surface area (Å²) in [5, 5.41) is 3.55. The Morgan fingerprint density at radius 3 is 2.83 bits per heavy atom. The second-order valence-electron chi connectivity index (χ2n) is 6.18. The number of rotatable bonds is 3. The molecule has 1 aliphatic heterocycles. The van der Waals surface area contributed by atoms with Crippen LogP contribution in [0.5, 0.6) is 0 Å². The van der Waals surface area contributed by atoms with E-state index in [1.54, 1.807) is 24.8 Å². The number of aliphatic imine (C=N–C) groups is 1. The fraction of sp³-hybridized carbons (Fsp3) is 0.333. The molecule has 1 aliphatic rings. The first-order chi connectivity index (χ1) is 11.4. The molecule has 0 spiro atoms. The number of nitrogens with one attached hydrogen (secondary N) is 1. The number of hydrogen-bond donors (Lipinski definition) is 2. The quantitative estimate of drug-likeness (QED) is 0.888. The Morgan fingerprint density at radius 2 is 2.17 bits per heavy atom. The molecule has 0 fully saturated rings. The molecule has 0 saturated heterocycles. The van der Waals surface area contributed by atoms with Crippen LogP contribution in [0.4, 0.5) is 5.69 Å². The van der Waals surface area contributed by atoms with Gasteiger partial charge in [-0.25, -0.2) is 0 Å². The average Bonchev–Trinajstić information content (AvgIpc) is 2.86. The minimum absolute atomic E-state index is 0.172. The van der Waals surface area contributed by atoms with E-state index in [1.165, 1.54) is 0 Å². The highest BCUT2D eigenvalue weighted by molar-refractivity contribution is 8.13. The van der Waals surface area contributed by atoms with E-state index in [4.69, 9.17) is 10.2 Å². The van der Waals surface area contributed by atoms with Crippen molar-refractivity contribution in [2.24, 2.45) is 10.7 Å². The molecule has 0 saturated carbocycles. The lowest BCUT2D eigenvalue weighted by atomic mass is 9.89. The van der Waals surface area contributed by atoms with Gasteiger partial charge in [0.05, 0.1) is 11.1 Å². The predicted molar refractivity (Wildman–Crippen MR) is 98.6 cm³/mol. The van der Waals surface area contributed by atoms with Gasteiger partial charge >= 0.3 is 0 Å². The van der Waals surface area contributed by atoms with Crippen molar-refractivity contribution in [2.45, 2.75) is 32.7 Å². The van der Waals surface area contributed by atoms with Crippen molar-refractivity contribution in [1.29, 1.82) is 0 Å². The van der Waals surface area contributed by atoms with Gasteiger partial charge < -0.3 is 15.5 Å². The number of benzene rings is 1. The van der Waals surface area contributed by atoms with Gasteiger partial charge in [-0.3, -0.25) is 9.79 Å². The van der Waals surface area contributed by atoms with Gasteiger partial charge in [0.2, 0.25) is 0 Å². The molecule has 6 heteroatoms. The number of amidine groups is 1. The fourth-order valence-electron chi connectivity index (χ4n) is 2.88. The lowest BCUT2D eigenvalue weighted by Crippen LogP contribution is -2.28. The summed E-state index contributed by atoms with van der Waals surface area (Å²) in [4.78, 5) is 17.1. The van der Waals surface area contributed by atoms with E-state index < -0.39 is 0 Å². The third-order valence-electron chi connectivity index (χ3n) is 4.22. The number of nitrogens with two attached hydrogens (primary N) is 1. The summed E-state index contributed by atoms with van der Waals surface area (Å²) < 4.78 is 5.43. The number of furan rings is 1. The van der Waals surface area contributed by atoms with Gasteiger partial charge in [-0.15, -0.1) is 0 Å². The molecule has 1 aromatic heterocycles. The Hall–Kier alpha value is -2.21. The van der Waals surface area contributed by atoms with Crippen LogP contribution in [-0.4, -0.2) is 16.8 Å². The van der Waals surface area contributed by atoms with E-state index in [0.29, 0.717) is 16.5 Å². The molecule has 3 rings (SSSR count). The molecule has 0 aliphatic carbocycles. The summed E-state index contributed by atoms with van der Waals surface area (Å²) in [6.07, 6.45) is 0.912. The Morgan fingerprint density at radius 1 is 1.38 bits per heavy atom. The number of amides is 1. The summed E-state index contributed by atoms with van der Waals surface area (Å²) in [5.41, 5.74) is 7.89. The van der Waals surface area contributed by atoms with Crippen molar-refractivity contribution < 1.29 is 9.21 Å². The molecule has 1 atom stereocenters. The van der Waals surface area contributed by atoms with Crippen LogP contribution >= 0.6 is 11.8 Å². The zero-order valence-corrected chi connectivity index (χ0v) is 14.9. The summed E-state index contributed by atoms with van der Waals surface area (Å²) in [5.74, 6) is 2.11. The zero-order valence-electron chi connectivity index (χ0n) is 14.1. The highest BCUT2D eigenvalue weighted by atomic mass is 32.2. The highest BCUT2D eigenvalue weighted by Gasteiger charge is 2.29. The molecule has 5 nitrogen and oxygen atoms in total. The van der Waals surface area contributed by atoms with Crippen LogP contribution in [0.1, 0.15) is 40.8 Å². The van der Waals surface area contributed by atoms with Gasteiger partial charge in [0.25, 0.3) is 5.91 Å². The van der Waals surface area contributed by atoms with Crippen molar-refractivity contribution >= 4 is 28.5 Å². The van der Waals surface area contributed by atoms with E-state index >= 15 is 0 Å². The molecule has 2 heterocycles. The van der Waals surface area contributed by atoms with E-state index in [-0.39, 0.29) is 11.4 Å². The Kier molecular flexibility index (Phi) is 4.41. The standard InChI is InChI=1S/C18H21N3O2S/c1-11-9-15(12(2)23-11)16(22)20-14-6-4-5-13(10-14)18(3)7-8-24-17(19)21-18/h4-6,9-10H,7-8H2,1-3H3,(H2,19,21)(H,20,22)/t18-/m0/s1. The molecule has 1 aromatic carbocycles. The van der Waals surface area contributed by atoms with Crippen molar-refractivity contribution in [3.05, 3.63) is 53.0 Å². The van der Waals surface area contributed by atoms with Crippen LogP contribution in [0.25, 0.3) is 0 Å². The number of carbonyl (C=O) groups excluding carboxylic acids is 1. The van der Waals surface area contributed by atoms with Crippen LogP contribution in [-0.2, 0) is 5.54 Å². The molecule has 24 heavy (non-hydrogen) atoms. The number of anilines is 1. The molecule has 0 radical (unpaired) electrons. The molecule has 1 amide bonds. The van der Waals surface area contributed by atoms with Crippen molar-refractivity contribution in [1.82, 2.24) is 0 Å². The lowest BCUT2D eigenvalue weighted by Gasteiger charge is -2.30. The summed E-state index contributed by atoms with van der Waals surface area (Å²) in [6.45, 7) is 5.69. The largest absolute Gasteiger partial charge is 0.466 e. The van der Waals surface area contributed by atoms with Crippen molar-refractivity contribution in [3.63, 3.8) is 0 Å². The number of carbonyl (C=O) groups is 1. The lowest BCUT2D eigenvalue weighted by molar-refractivity contribution is 0.102. The first kappa shape index (κ1) is 16.6. The monoisotopic (exact) mass is 343 g/mol. The fourth-order valence-corrected chi connectivity index (χ4v) is 3.86. The minimum atomic E-state index is -0.349. The molecule has 2 aromatic rings. The average molecular weight is 343 g/mol. The van der Waals surface area contributed by atoms with Gasteiger partial charge in [-0.1, -0.05) is 23.9 Å². The second kappa shape index (κ2) is 6.36.